The van der Waals surface area contributed by atoms with Crippen LogP contribution in [0.15, 0.2) is 36.4 Å². The molecule has 0 atom stereocenters. The second kappa shape index (κ2) is 9.64. The molecule has 170 valence electrons. The van der Waals surface area contributed by atoms with Crippen molar-refractivity contribution < 1.29 is 36.6 Å². The second-order valence-electron chi connectivity index (χ2n) is 7.05. The van der Waals surface area contributed by atoms with E-state index in [0.29, 0.717) is 10.4 Å². The third kappa shape index (κ3) is 5.42. The number of carboxylic acid groups (broad SMARTS) is 1. The molecule has 10 heteroatoms. The number of alkyl halides is 4. The molecule has 0 fully saturated rings. The topological polar surface area (TPSA) is 59.4 Å². The zero-order chi connectivity index (χ0) is 23.5. The van der Waals surface area contributed by atoms with Crippen molar-refractivity contribution in [3.05, 3.63) is 70.2 Å². The Hall–Kier alpha value is -3.01. The smallest absolute Gasteiger partial charge is 0.416 e. The van der Waals surface area contributed by atoms with E-state index >= 15 is 0 Å². The van der Waals surface area contributed by atoms with E-state index in [1.54, 1.807) is 13.0 Å². The van der Waals surface area contributed by atoms with E-state index in [9.17, 15) is 26.7 Å². The molecule has 1 heterocycles. The van der Waals surface area contributed by atoms with Gasteiger partial charge in [0, 0.05) is 17.5 Å². The Labute approximate surface area is 184 Å². The van der Waals surface area contributed by atoms with Gasteiger partial charge in [0.15, 0.2) is 0 Å². The van der Waals surface area contributed by atoms with Crippen LogP contribution in [0, 0.1) is 12.7 Å². The lowest BCUT2D eigenvalue weighted by Gasteiger charge is -2.15. The first-order valence-corrected chi connectivity index (χ1v) is 10.2. The summed E-state index contributed by atoms with van der Waals surface area (Å²) < 4.78 is 77.7. The van der Waals surface area contributed by atoms with Gasteiger partial charge in [0.05, 0.1) is 16.1 Å². The summed E-state index contributed by atoms with van der Waals surface area (Å²) in [6.45, 7) is 0.462. The molecular weight excluding hydrogens is 453 g/mol. The van der Waals surface area contributed by atoms with Crippen LogP contribution in [-0.2, 0) is 30.7 Å². The average Bonchev–Trinajstić information content (AvgIpc) is 3.12. The summed E-state index contributed by atoms with van der Waals surface area (Å²) in [4.78, 5) is 11.1. The number of hydrogen-bond acceptors (Lipinski definition) is 4. The van der Waals surface area contributed by atoms with E-state index in [-0.39, 0.29) is 41.2 Å². The molecule has 0 radical (unpaired) electrons. The van der Waals surface area contributed by atoms with Crippen molar-refractivity contribution >= 4 is 17.5 Å². The van der Waals surface area contributed by atoms with Crippen LogP contribution in [0.3, 0.4) is 0 Å². The van der Waals surface area contributed by atoms with Crippen LogP contribution in [0.2, 0.25) is 0 Å². The summed E-state index contributed by atoms with van der Waals surface area (Å²) in [6, 6.07) is 7.75. The summed E-state index contributed by atoms with van der Waals surface area (Å²) in [7, 11) is 0. The van der Waals surface area contributed by atoms with E-state index in [1.807, 2.05) is 0 Å². The number of halogens is 5. The summed E-state index contributed by atoms with van der Waals surface area (Å²) in [5.74, 6) is -1.87. The molecule has 3 rings (SSSR count). The number of carboxylic acids is 1. The molecular formula is C22H18F5NO3S. The van der Waals surface area contributed by atoms with Gasteiger partial charge < -0.3 is 9.84 Å². The third-order valence-corrected chi connectivity index (χ3v) is 5.70. The van der Waals surface area contributed by atoms with Crippen LogP contribution in [0.5, 0.6) is 5.75 Å². The Morgan fingerprint density at radius 3 is 2.56 bits per heavy atom. The molecule has 1 aromatic heterocycles. The molecule has 0 aliphatic carbocycles. The summed E-state index contributed by atoms with van der Waals surface area (Å²) in [5.41, 5.74) is 0.00253. The fourth-order valence-corrected chi connectivity index (χ4v) is 4.05. The first-order valence-electron chi connectivity index (χ1n) is 9.44. The van der Waals surface area contributed by atoms with Crippen molar-refractivity contribution in [2.45, 2.75) is 39.2 Å². The summed E-state index contributed by atoms with van der Waals surface area (Å²) in [6.07, 6.45) is -5.45. The van der Waals surface area contributed by atoms with Gasteiger partial charge in [-0.3, -0.25) is 4.79 Å². The number of benzene rings is 2. The number of ether oxygens (including phenoxy) is 1. The fourth-order valence-electron chi connectivity index (χ4n) is 3.14. The molecule has 4 nitrogen and oxygen atoms in total. The Balaban J connectivity index is 1.90. The standard InChI is InChI=1S/C22H18F5NO3S/c1-12-2-6-15(18(24)8-12)21-16(19(10-23)28-32-21)11-31-14-5-3-13(4-7-20(29)30)17(9-14)22(25,26)27/h2-3,5-6,8-9H,4,7,10-11H2,1H3,(H,29,30). The highest BCUT2D eigenvalue weighted by Crippen LogP contribution is 2.37. The molecule has 2 aromatic carbocycles. The van der Waals surface area contributed by atoms with Crippen molar-refractivity contribution in [3.8, 4) is 16.2 Å². The van der Waals surface area contributed by atoms with Gasteiger partial charge in [0.1, 0.15) is 24.8 Å². The van der Waals surface area contributed by atoms with Gasteiger partial charge in [-0.15, -0.1) is 0 Å². The van der Waals surface area contributed by atoms with E-state index in [1.165, 1.54) is 18.2 Å². The van der Waals surface area contributed by atoms with Crippen molar-refractivity contribution in [2.24, 2.45) is 0 Å². The number of rotatable bonds is 8. The van der Waals surface area contributed by atoms with Crippen molar-refractivity contribution in [3.63, 3.8) is 0 Å². The maximum absolute atomic E-state index is 14.4. The van der Waals surface area contributed by atoms with Crippen molar-refractivity contribution in [1.82, 2.24) is 4.37 Å². The van der Waals surface area contributed by atoms with Crippen LogP contribution in [0.25, 0.3) is 10.4 Å². The predicted molar refractivity (Wildman–Crippen MR) is 109 cm³/mol. The van der Waals surface area contributed by atoms with Crippen LogP contribution in [-0.4, -0.2) is 15.4 Å². The Morgan fingerprint density at radius 1 is 1.19 bits per heavy atom. The van der Waals surface area contributed by atoms with Crippen LogP contribution in [0.4, 0.5) is 22.0 Å². The third-order valence-electron chi connectivity index (χ3n) is 4.74. The van der Waals surface area contributed by atoms with Gasteiger partial charge >= 0.3 is 12.1 Å². The second-order valence-corrected chi connectivity index (χ2v) is 7.83. The van der Waals surface area contributed by atoms with Gasteiger partial charge in [0.25, 0.3) is 0 Å². The normalized spacial score (nSPS) is 11.6. The van der Waals surface area contributed by atoms with E-state index < -0.39 is 36.6 Å². The van der Waals surface area contributed by atoms with Gasteiger partial charge in [-0.25, -0.2) is 8.78 Å². The van der Waals surface area contributed by atoms with Gasteiger partial charge in [-0.05, 0) is 54.2 Å². The van der Waals surface area contributed by atoms with Gasteiger partial charge in [0.2, 0.25) is 0 Å². The zero-order valence-electron chi connectivity index (χ0n) is 16.8. The largest absolute Gasteiger partial charge is 0.489 e. The average molecular weight is 471 g/mol. The fraction of sp³-hybridized carbons (Fsp3) is 0.273. The molecule has 0 saturated carbocycles. The van der Waals surface area contributed by atoms with Crippen LogP contribution < -0.4 is 4.74 Å². The minimum atomic E-state index is -4.71. The van der Waals surface area contributed by atoms with Crippen LogP contribution in [0.1, 0.15) is 34.4 Å². The highest BCUT2D eigenvalue weighted by atomic mass is 32.1. The molecule has 0 saturated heterocycles. The first kappa shape index (κ1) is 23.6. The highest BCUT2D eigenvalue weighted by molar-refractivity contribution is 7.09. The Bertz CT molecular complexity index is 1130. The Kier molecular flexibility index (Phi) is 7.12. The van der Waals surface area contributed by atoms with Crippen LogP contribution >= 0.6 is 11.5 Å². The minimum absolute atomic E-state index is 0.0269. The lowest BCUT2D eigenvalue weighted by molar-refractivity contribution is -0.140. The number of aryl methyl sites for hydroxylation is 2. The molecule has 0 unspecified atom stereocenters. The van der Waals surface area contributed by atoms with E-state index in [0.717, 1.165) is 23.7 Å². The predicted octanol–water partition coefficient (Wildman–Crippen LogP) is 6.34. The Morgan fingerprint density at radius 2 is 1.94 bits per heavy atom. The van der Waals surface area contributed by atoms with E-state index in [4.69, 9.17) is 9.84 Å². The first-order chi connectivity index (χ1) is 15.1. The number of aliphatic carboxylic acids is 1. The number of hydrogen-bond donors (Lipinski definition) is 1. The van der Waals surface area contributed by atoms with Gasteiger partial charge in [-0.1, -0.05) is 18.2 Å². The monoisotopic (exact) mass is 471 g/mol. The lowest BCUT2D eigenvalue weighted by Crippen LogP contribution is -2.11. The summed E-state index contributed by atoms with van der Waals surface area (Å²) in [5, 5.41) is 8.75. The van der Waals surface area contributed by atoms with E-state index in [2.05, 4.69) is 4.37 Å². The molecule has 0 spiro atoms. The minimum Gasteiger partial charge on any atom is -0.489 e. The molecule has 32 heavy (non-hydrogen) atoms. The van der Waals surface area contributed by atoms with Gasteiger partial charge in [-0.2, -0.15) is 17.5 Å². The zero-order valence-corrected chi connectivity index (χ0v) is 17.6. The molecule has 0 aliphatic rings. The SMILES string of the molecule is Cc1ccc(-c2snc(CF)c2COc2ccc(CCC(=O)O)c(C(F)(F)F)c2)c(F)c1. The maximum Gasteiger partial charge on any atom is 0.416 e. The molecule has 0 amide bonds. The quantitative estimate of drug-likeness (QED) is 0.390. The lowest BCUT2D eigenvalue weighted by atomic mass is 10.0. The molecule has 0 bridgehead atoms. The van der Waals surface area contributed by atoms with Crippen molar-refractivity contribution in [2.75, 3.05) is 0 Å². The molecule has 0 aliphatic heterocycles. The molecule has 1 N–H and O–H groups in total. The highest BCUT2D eigenvalue weighted by Gasteiger charge is 2.34. The maximum atomic E-state index is 14.4. The number of carbonyl (C=O) groups is 1. The molecule has 3 aromatic rings. The number of aromatic nitrogens is 1. The number of nitrogens with zero attached hydrogens (tertiary/aromatic N) is 1. The van der Waals surface area contributed by atoms with Crippen molar-refractivity contribution in [1.29, 1.82) is 0 Å². The summed E-state index contributed by atoms with van der Waals surface area (Å²) >= 11 is 0.883.